The lowest BCUT2D eigenvalue weighted by molar-refractivity contribution is -0.131. The standard InChI is InChI=1S/C25H34N2O6S/c1-6-25(29)26(4)15-23-17(2)14-27(18(3)16-28)34(30,31)24-11-10-20(13-22(24)33-23)19-8-7-9-21(12-19)32-5/h7-13,17-18,23,28H,6,14-16H2,1-5H3/t17-,18-,23-/m1/s1. The SMILES string of the molecule is CCC(=O)N(C)C[C@H]1Oc2cc(-c3cccc(OC)c3)ccc2S(=O)(=O)N([C@H](C)CO)C[C@H]1C. The van der Waals surface area contributed by atoms with Gasteiger partial charge in [-0.1, -0.05) is 32.0 Å². The summed E-state index contributed by atoms with van der Waals surface area (Å²) in [6, 6.07) is 11.9. The molecule has 1 heterocycles. The van der Waals surface area contributed by atoms with Crippen LogP contribution in [-0.4, -0.2) is 74.6 Å². The van der Waals surface area contributed by atoms with Gasteiger partial charge in [0.2, 0.25) is 15.9 Å². The minimum atomic E-state index is -3.93. The Hall–Kier alpha value is -2.62. The highest BCUT2D eigenvalue weighted by Gasteiger charge is 2.38. The maximum absolute atomic E-state index is 13.6. The maximum Gasteiger partial charge on any atom is 0.247 e. The van der Waals surface area contributed by atoms with E-state index in [9.17, 15) is 18.3 Å². The monoisotopic (exact) mass is 490 g/mol. The van der Waals surface area contributed by atoms with Crippen molar-refractivity contribution in [3.05, 3.63) is 42.5 Å². The lowest BCUT2D eigenvalue weighted by atomic mass is 10.0. The number of sulfonamides is 1. The van der Waals surface area contributed by atoms with Crippen molar-refractivity contribution in [3.8, 4) is 22.6 Å². The topological polar surface area (TPSA) is 96.4 Å². The van der Waals surface area contributed by atoms with Crippen LogP contribution in [0.25, 0.3) is 11.1 Å². The molecule has 0 spiro atoms. The van der Waals surface area contributed by atoms with Crippen LogP contribution in [0.4, 0.5) is 0 Å². The lowest BCUT2D eigenvalue weighted by Gasteiger charge is -2.37. The quantitative estimate of drug-likeness (QED) is 0.641. The molecule has 0 aromatic heterocycles. The van der Waals surface area contributed by atoms with Crippen LogP contribution < -0.4 is 9.47 Å². The summed E-state index contributed by atoms with van der Waals surface area (Å²) in [7, 11) is -0.618. The molecule has 0 fully saturated rings. The number of amides is 1. The summed E-state index contributed by atoms with van der Waals surface area (Å²) in [6.07, 6.45) is -0.0698. The van der Waals surface area contributed by atoms with Gasteiger partial charge in [-0.2, -0.15) is 4.31 Å². The van der Waals surface area contributed by atoms with Crippen molar-refractivity contribution in [2.45, 2.75) is 44.2 Å². The van der Waals surface area contributed by atoms with Crippen LogP contribution in [0.1, 0.15) is 27.2 Å². The highest BCUT2D eigenvalue weighted by atomic mass is 32.2. The molecule has 0 saturated carbocycles. The maximum atomic E-state index is 13.6. The van der Waals surface area contributed by atoms with Gasteiger partial charge in [-0.25, -0.2) is 8.42 Å². The first kappa shape index (κ1) is 26.0. The molecule has 3 atom stereocenters. The number of nitrogens with zero attached hydrogens (tertiary/aromatic N) is 2. The van der Waals surface area contributed by atoms with Crippen LogP contribution in [0.5, 0.6) is 11.5 Å². The molecule has 1 aliphatic heterocycles. The number of methoxy groups -OCH3 is 1. The first-order chi connectivity index (χ1) is 16.1. The second kappa shape index (κ2) is 10.8. The van der Waals surface area contributed by atoms with E-state index in [2.05, 4.69) is 0 Å². The number of ether oxygens (including phenoxy) is 2. The summed E-state index contributed by atoms with van der Waals surface area (Å²) in [5, 5.41) is 9.77. The van der Waals surface area contributed by atoms with Crippen LogP contribution in [0.2, 0.25) is 0 Å². The van der Waals surface area contributed by atoms with E-state index in [4.69, 9.17) is 9.47 Å². The van der Waals surface area contributed by atoms with E-state index >= 15 is 0 Å². The van der Waals surface area contributed by atoms with Crippen molar-refractivity contribution >= 4 is 15.9 Å². The van der Waals surface area contributed by atoms with Crippen molar-refractivity contribution in [2.75, 3.05) is 33.9 Å². The Morgan fingerprint density at radius 3 is 2.62 bits per heavy atom. The number of carbonyl (C=O) groups is 1. The number of rotatable bonds is 7. The molecule has 2 aromatic rings. The average Bonchev–Trinajstić information content (AvgIpc) is 2.84. The van der Waals surface area contributed by atoms with Gasteiger partial charge in [0, 0.05) is 32.0 Å². The van der Waals surface area contributed by atoms with Crippen LogP contribution in [0.3, 0.4) is 0 Å². The number of benzene rings is 2. The zero-order valence-corrected chi connectivity index (χ0v) is 21.2. The number of fused-ring (bicyclic) bond motifs is 1. The van der Waals surface area contributed by atoms with Gasteiger partial charge in [0.25, 0.3) is 0 Å². The van der Waals surface area contributed by atoms with Gasteiger partial charge in [-0.3, -0.25) is 4.79 Å². The number of hydrogen-bond donors (Lipinski definition) is 1. The Labute approximate surface area is 202 Å². The Balaban J connectivity index is 2.12. The van der Waals surface area contributed by atoms with E-state index < -0.39 is 22.2 Å². The van der Waals surface area contributed by atoms with Crippen LogP contribution in [0.15, 0.2) is 47.4 Å². The van der Waals surface area contributed by atoms with Crippen LogP contribution >= 0.6 is 0 Å². The molecule has 0 radical (unpaired) electrons. The second-order valence-corrected chi connectivity index (χ2v) is 10.6. The van der Waals surface area contributed by atoms with E-state index in [0.29, 0.717) is 18.7 Å². The molecule has 8 nitrogen and oxygen atoms in total. The molecular weight excluding hydrogens is 456 g/mol. The average molecular weight is 491 g/mol. The Morgan fingerprint density at radius 1 is 1.26 bits per heavy atom. The third kappa shape index (κ3) is 5.37. The van der Waals surface area contributed by atoms with Crippen molar-refractivity contribution < 1.29 is 27.8 Å². The molecule has 0 saturated heterocycles. The van der Waals surface area contributed by atoms with Gasteiger partial charge in [-0.05, 0) is 42.3 Å². The second-order valence-electron chi connectivity index (χ2n) is 8.76. The summed E-state index contributed by atoms with van der Waals surface area (Å²) < 4.78 is 40.2. The van der Waals surface area contributed by atoms with Gasteiger partial charge in [0.15, 0.2) is 0 Å². The first-order valence-electron chi connectivity index (χ1n) is 11.4. The number of aliphatic hydroxyl groups excluding tert-OH is 1. The molecule has 0 aliphatic carbocycles. The lowest BCUT2D eigenvalue weighted by Crippen LogP contribution is -2.50. The number of hydrogen-bond acceptors (Lipinski definition) is 6. The van der Waals surface area contributed by atoms with Gasteiger partial charge in [0.1, 0.15) is 22.5 Å². The molecule has 0 bridgehead atoms. The molecule has 1 N–H and O–H groups in total. The van der Waals surface area contributed by atoms with E-state index in [0.717, 1.165) is 11.1 Å². The molecule has 186 valence electrons. The highest BCUT2D eigenvalue weighted by Crippen LogP contribution is 2.37. The fraction of sp³-hybridized carbons (Fsp3) is 0.480. The van der Waals surface area contributed by atoms with E-state index in [1.165, 1.54) is 4.31 Å². The molecule has 3 rings (SSSR count). The fourth-order valence-electron chi connectivity index (χ4n) is 4.07. The zero-order valence-electron chi connectivity index (χ0n) is 20.4. The first-order valence-corrected chi connectivity index (χ1v) is 12.9. The van der Waals surface area contributed by atoms with Gasteiger partial charge in [-0.15, -0.1) is 0 Å². The zero-order chi connectivity index (χ0) is 25.0. The number of aliphatic hydroxyl groups is 1. The molecular formula is C25H34N2O6S. The highest BCUT2D eigenvalue weighted by molar-refractivity contribution is 7.89. The predicted molar refractivity (Wildman–Crippen MR) is 130 cm³/mol. The van der Waals surface area contributed by atoms with Gasteiger partial charge in [0.05, 0.1) is 20.3 Å². The van der Waals surface area contributed by atoms with Crippen LogP contribution in [0, 0.1) is 5.92 Å². The summed E-state index contributed by atoms with van der Waals surface area (Å²) in [5.41, 5.74) is 1.63. The number of likely N-dealkylation sites (N-methyl/N-ethyl adjacent to an activating group) is 1. The van der Waals surface area contributed by atoms with Crippen molar-refractivity contribution in [3.63, 3.8) is 0 Å². The smallest absolute Gasteiger partial charge is 0.247 e. The van der Waals surface area contributed by atoms with Gasteiger partial charge >= 0.3 is 0 Å². The van der Waals surface area contributed by atoms with Crippen molar-refractivity contribution in [2.24, 2.45) is 5.92 Å². The summed E-state index contributed by atoms with van der Waals surface area (Å²) >= 11 is 0. The summed E-state index contributed by atoms with van der Waals surface area (Å²) in [6.45, 7) is 5.56. The summed E-state index contributed by atoms with van der Waals surface area (Å²) in [5.74, 6) is 0.664. The molecule has 0 unspecified atom stereocenters. The van der Waals surface area contributed by atoms with Gasteiger partial charge < -0.3 is 19.5 Å². The number of carbonyl (C=O) groups excluding carboxylic acids is 1. The Kier molecular flexibility index (Phi) is 8.22. The molecule has 2 aromatic carbocycles. The normalized spacial score (nSPS) is 20.9. The fourth-order valence-corrected chi connectivity index (χ4v) is 5.89. The van der Waals surface area contributed by atoms with E-state index in [-0.39, 0.29) is 35.6 Å². The third-order valence-electron chi connectivity index (χ3n) is 6.25. The predicted octanol–water partition coefficient (Wildman–Crippen LogP) is 3.00. The molecule has 34 heavy (non-hydrogen) atoms. The minimum Gasteiger partial charge on any atom is -0.497 e. The van der Waals surface area contributed by atoms with Crippen molar-refractivity contribution in [1.29, 1.82) is 0 Å². The summed E-state index contributed by atoms with van der Waals surface area (Å²) in [4.78, 5) is 13.9. The molecule has 1 aliphatic rings. The van der Waals surface area contributed by atoms with E-state index in [1.54, 1.807) is 51.1 Å². The largest absolute Gasteiger partial charge is 0.497 e. The molecule has 9 heteroatoms. The van der Waals surface area contributed by atoms with Crippen molar-refractivity contribution in [1.82, 2.24) is 9.21 Å². The minimum absolute atomic E-state index is 0.0172. The van der Waals surface area contributed by atoms with E-state index in [1.807, 2.05) is 31.2 Å². The molecule has 1 amide bonds. The Bertz CT molecular complexity index is 1120. The van der Waals surface area contributed by atoms with Crippen LogP contribution in [-0.2, 0) is 14.8 Å². The third-order valence-corrected chi connectivity index (χ3v) is 8.27. The Morgan fingerprint density at radius 2 is 1.97 bits per heavy atom.